The minimum Gasteiger partial charge on any atom is -0.360 e. The number of benzene rings is 1. The molecule has 2 aromatic rings. The quantitative estimate of drug-likeness (QED) is 0.546. The molecule has 8 nitrogen and oxygen atoms in total. The maximum Gasteiger partial charge on any atom is 0.248 e. The molecule has 1 N–H and O–H groups in total. The topological polar surface area (TPSA) is 95.8 Å². The molecule has 0 radical (unpaired) electrons. The lowest BCUT2D eigenvalue weighted by Gasteiger charge is -2.30. The zero-order valence-electron chi connectivity index (χ0n) is 19.2. The van der Waals surface area contributed by atoms with E-state index >= 15 is 0 Å². The monoisotopic (exact) mass is 462 g/mol. The Morgan fingerprint density at radius 3 is 2.53 bits per heavy atom. The number of aryl methyl sites for hydroxylation is 2. The average Bonchev–Trinajstić information content (AvgIpc) is 3.11. The SMILES string of the molecule is Cc1noc(C)c1S(=O)(=O)N1CCC(CC(=O)NCCCN(C)Cc2ccccc2)CC1. The van der Waals surface area contributed by atoms with E-state index in [9.17, 15) is 13.2 Å². The third kappa shape index (κ3) is 6.40. The van der Waals surface area contributed by atoms with Crippen LogP contribution in [0.5, 0.6) is 0 Å². The van der Waals surface area contributed by atoms with Gasteiger partial charge in [-0.15, -0.1) is 0 Å². The molecule has 0 atom stereocenters. The number of rotatable bonds is 10. The minimum absolute atomic E-state index is 0.0442. The van der Waals surface area contributed by atoms with E-state index in [2.05, 4.69) is 34.6 Å². The summed E-state index contributed by atoms with van der Waals surface area (Å²) in [6.07, 6.45) is 2.69. The summed E-state index contributed by atoms with van der Waals surface area (Å²) >= 11 is 0. The van der Waals surface area contributed by atoms with Crippen molar-refractivity contribution in [2.75, 3.05) is 33.2 Å². The van der Waals surface area contributed by atoms with Crippen LogP contribution in [0.2, 0.25) is 0 Å². The lowest BCUT2D eigenvalue weighted by molar-refractivity contribution is -0.122. The van der Waals surface area contributed by atoms with Crippen LogP contribution in [-0.2, 0) is 21.4 Å². The molecule has 0 unspecified atom stereocenters. The largest absolute Gasteiger partial charge is 0.360 e. The molecule has 1 amide bonds. The highest BCUT2D eigenvalue weighted by Crippen LogP contribution is 2.28. The van der Waals surface area contributed by atoms with Gasteiger partial charge in [0.15, 0.2) is 5.76 Å². The molecule has 1 aliphatic heterocycles. The smallest absolute Gasteiger partial charge is 0.248 e. The molecule has 0 saturated carbocycles. The van der Waals surface area contributed by atoms with Gasteiger partial charge in [0.2, 0.25) is 15.9 Å². The first-order chi connectivity index (χ1) is 15.3. The van der Waals surface area contributed by atoms with Crippen molar-refractivity contribution in [3.63, 3.8) is 0 Å². The van der Waals surface area contributed by atoms with E-state index in [0.29, 0.717) is 50.4 Å². The Morgan fingerprint density at radius 2 is 1.91 bits per heavy atom. The lowest BCUT2D eigenvalue weighted by Crippen LogP contribution is -2.40. The number of hydrogen-bond acceptors (Lipinski definition) is 6. The molecule has 1 fully saturated rings. The molecule has 0 aliphatic carbocycles. The summed E-state index contributed by atoms with van der Waals surface area (Å²) in [7, 11) is -1.53. The number of nitrogens with zero attached hydrogens (tertiary/aromatic N) is 3. The van der Waals surface area contributed by atoms with Gasteiger partial charge in [-0.05, 0) is 58.2 Å². The van der Waals surface area contributed by atoms with Gasteiger partial charge in [-0.3, -0.25) is 4.79 Å². The maximum absolute atomic E-state index is 12.9. The van der Waals surface area contributed by atoms with E-state index in [1.807, 2.05) is 18.2 Å². The van der Waals surface area contributed by atoms with E-state index < -0.39 is 10.0 Å². The van der Waals surface area contributed by atoms with Crippen LogP contribution >= 0.6 is 0 Å². The summed E-state index contributed by atoms with van der Waals surface area (Å²) < 4.78 is 32.3. The number of piperidine rings is 1. The van der Waals surface area contributed by atoms with Crippen molar-refractivity contribution < 1.29 is 17.7 Å². The highest BCUT2D eigenvalue weighted by molar-refractivity contribution is 7.89. The highest BCUT2D eigenvalue weighted by atomic mass is 32.2. The summed E-state index contributed by atoms with van der Waals surface area (Å²) in [4.78, 5) is 14.7. The Hall–Kier alpha value is -2.23. The van der Waals surface area contributed by atoms with Gasteiger partial charge >= 0.3 is 0 Å². The normalized spacial score (nSPS) is 15.9. The van der Waals surface area contributed by atoms with Crippen molar-refractivity contribution in [2.24, 2.45) is 5.92 Å². The molecule has 1 aromatic carbocycles. The van der Waals surface area contributed by atoms with E-state index in [4.69, 9.17) is 4.52 Å². The van der Waals surface area contributed by atoms with E-state index in [0.717, 1.165) is 19.5 Å². The number of carbonyl (C=O) groups is 1. The fraction of sp³-hybridized carbons (Fsp3) is 0.565. The van der Waals surface area contributed by atoms with E-state index in [1.165, 1.54) is 9.87 Å². The first kappa shape index (κ1) is 24.4. The van der Waals surface area contributed by atoms with Crippen LogP contribution in [0.3, 0.4) is 0 Å². The number of carbonyl (C=O) groups excluding carboxylic acids is 1. The highest BCUT2D eigenvalue weighted by Gasteiger charge is 2.34. The lowest BCUT2D eigenvalue weighted by atomic mass is 9.94. The molecule has 1 aliphatic rings. The fourth-order valence-corrected chi connectivity index (χ4v) is 5.97. The molecule has 0 spiro atoms. The van der Waals surface area contributed by atoms with E-state index in [-0.39, 0.29) is 16.7 Å². The zero-order valence-corrected chi connectivity index (χ0v) is 20.0. The van der Waals surface area contributed by atoms with E-state index in [1.54, 1.807) is 13.8 Å². The standard InChI is InChI=1S/C23H34N4O4S/c1-18-23(19(2)31-25-18)32(29,30)27-14-10-20(11-15-27)16-22(28)24-12-7-13-26(3)17-21-8-5-4-6-9-21/h4-6,8-9,20H,7,10-17H2,1-3H3,(H,24,28). The molecule has 0 bridgehead atoms. The van der Waals surface area contributed by atoms with Gasteiger partial charge < -0.3 is 14.7 Å². The summed E-state index contributed by atoms with van der Waals surface area (Å²) in [5.41, 5.74) is 1.67. The molecule has 9 heteroatoms. The molecule has 3 rings (SSSR count). The van der Waals surface area contributed by atoms with Gasteiger partial charge in [-0.2, -0.15) is 4.31 Å². The Labute approximate surface area is 191 Å². The van der Waals surface area contributed by atoms with Gasteiger partial charge in [0, 0.05) is 32.6 Å². The van der Waals surface area contributed by atoms with Gasteiger partial charge in [-0.1, -0.05) is 35.5 Å². The molecule has 1 saturated heterocycles. The number of hydrogen-bond donors (Lipinski definition) is 1. The van der Waals surface area contributed by atoms with Crippen LogP contribution in [-0.4, -0.2) is 61.9 Å². The minimum atomic E-state index is -3.61. The number of amides is 1. The van der Waals surface area contributed by atoms with Crippen molar-refractivity contribution in [1.29, 1.82) is 0 Å². The van der Waals surface area contributed by atoms with Crippen molar-refractivity contribution >= 4 is 15.9 Å². The summed E-state index contributed by atoms with van der Waals surface area (Å²) in [5.74, 6) is 0.563. The Kier molecular flexibility index (Phi) is 8.44. The molecule has 176 valence electrons. The summed E-state index contributed by atoms with van der Waals surface area (Å²) in [6, 6.07) is 10.3. The van der Waals surface area contributed by atoms with Crippen molar-refractivity contribution in [3.8, 4) is 0 Å². The van der Waals surface area contributed by atoms with Crippen molar-refractivity contribution in [2.45, 2.75) is 51.0 Å². The Balaban J connectivity index is 1.35. The second kappa shape index (κ2) is 11.1. The van der Waals surface area contributed by atoms with Gasteiger partial charge in [0.1, 0.15) is 10.6 Å². The van der Waals surface area contributed by atoms with Crippen LogP contribution in [0, 0.1) is 19.8 Å². The van der Waals surface area contributed by atoms with Crippen molar-refractivity contribution in [1.82, 2.24) is 19.7 Å². The molecular formula is C23H34N4O4S. The second-order valence-corrected chi connectivity index (χ2v) is 10.5. The third-order valence-electron chi connectivity index (χ3n) is 5.95. The third-order valence-corrected chi connectivity index (χ3v) is 8.09. The van der Waals surface area contributed by atoms with Crippen molar-refractivity contribution in [3.05, 3.63) is 47.3 Å². The fourth-order valence-electron chi connectivity index (χ4n) is 4.21. The predicted octanol–water partition coefficient (Wildman–Crippen LogP) is 2.72. The van der Waals surface area contributed by atoms with Gasteiger partial charge in [0.05, 0.1) is 0 Å². The summed E-state index contributed by atoms with van der Waals surface area (Å²) in [6.45, 7) is 6.53. The first-order valence-corrected chi connectivity index (χ1v) is 12.6. The zero-order chi connectivity index (χ0) is 23.1. The van der Waals surface area contributed by atoms with Gasteiger partial charge in [0.25, 0.3) is 0 Å². The van der Waals surface area contributed by atoms with Crippen LogP contribution in [0.15, 0.2) is 39.8 Å². The summed E-state index contributed by atoms with van der Waals surface area (Å²) in [5, 5.41) is 6.77. The molecule has 32 heavy (non-hydrogen) atoms. The Morgan fingerprint density at radius 1 is 1.22 bits per heavy atom. The number of aromatic nitrogens is 1. The second-order valence-electron chi connectivity index (χ2n) is 8.63. The number of sulfonamides is 1. The number of nitrogens with one attached hydrogen (secondary N) is 1. The van der Waals surface area contributed by atoms with Crippen LogP contribution < -0.4 is 5.32 Å². The first-order valence-electron chi connectivity index (χ1n) is 11.2. The average molecular weight is 463 g/mol. The van der Waals surface area contributed by atoms with Crippen LogP contribution in [0.1, 0.15) is 42.7 Å². The molecule has 2 heterocycles. The maximum atomic E-state index is 12.9. The predicted molar refractivity (Wildman–Crippen MR) is 122 cm³/mol. The van der Waals surface area contributed by atoms with Gasteiger partial charge in [-0.25, -0.2) is 8.42 Å². The molecular weight excluding hydrogens is 428 g/mol. The Bertz CT molecular complexity index is 963. The molecule has 1 aromatic heterocycles. The van der Waals surface area contributed by atoms with Crippen LogP contribution in [0.4, 0.5) is 0 Å². The van der Waals surface area contributed by atoms with Crippen LogP contribution in [0.25, 0.3) is 0 Å².